The van der Waals surface area contributed by atoms with E-state index in [1.807, 2.05) is 0 Å². The monoisotopic (exact) mass is 503 g/mol. The zero-order chi connectivity index (χ0) is 18.8. The Kier molecular flexibility index (Phi) is 13.1. The summed E-state index contributed by atoms with van der Waals surface area (Å²) in [6.07, 6.45) is 9.69. The van der Waals surface area contributed by atoms with Crippen LogP contribution in [0.25, 0.3) is 0 Å². The van der Waals surface area contributed by atoms with Gasteiger partial charge in [0.25, 0.3) is 0 Å². The van der Waals surface area contributed by atoms with E-state index in [4.69, 9.17) is 4.74 Å². The molecular formula is C18H38IN3O3S. The van der Waals surface area contributed by atoms with Crippen LogP contribution in [-0.2, 0) is 14.6 Å². The first-order valence-electron chi connectivity index (χ1n) is 9.46. The second-order valence-electron chi connectivity index (χ2n) is 7.88. The van der Waals surface area contributed by atoms with Gasteiger partial charge in [0.2, 0.25) is 0 Å². The highest BCUT2D eigenvalue weighted by Gasteiger charge is 2.20. The Hall–Kier alpha value is -0.0900. The Morgan fingerprint density at radius 3 is 2.42 bits per heavy atom. The maximum absolute atomic E-state index is 11.3. The highest BCUT2D eigenvalue weighted by atomic mass is 127. The van der Waals surface area contributed by atoms with E-state index in [1.165, 1.54) is 38.4 Å². The van der Waals surface area contributed by atoms with Gasteiger partial charge in [0.15, 0.2) is 5.96 Å². The van der Waals surface area contributed by atoms with Crippen molar-refractivity contribution in [1.29, 1.82) is 0 Å². The first-order valence-corrected chi connectivity index (χ1v) is 11.5. The lowest BCUT2D eigenvalue weighted by molar-refractivity contribution is 0.0277. The molecule has 0 amide bonds. The van der Waals surface area contributed by atoms with Crippen molar-refractivity contribution in [2.24, 2.45) is 10.4 Å². The van der Waals surface area contributed by atoms with Gasteiger partial charge in [0, 0.05) is 33.0 Å². The Balaban J connectivity index is 0.00000625. The minimum atomic E-state index is -2.92. The van der Waals surface area contributed by atoms with Crippen molar-refractivity contribution >= 4 is 39.8 Å². The fourth-order valence-electron chi connectivity index (χ4n) is 2.85. The summed E-state index contributed by atoms with van der Waals surface area (Å²) in [6, 6.07) is 0. The molecule has 0 unspecified atom stereocenters. The number of hydrogen-bond donors (Lipinski definition) is 2. The van der Waals surface area contributed by atoms with Gasteiger partial charge in [-0.05, 0) is 31.1 Å². The summed E-state index contributed by atoms with van der Waals surface area (Å²) in [5.74, 6) is 0.969. The Morgan fingerprint density at radius 1 is 1.19 bits per heavy atom. The number of hydrogen-bond acceptors (Lipinski definition) is 4. The Bertz CT molecular complexity index is 504. The van der Waals surface area contributed by atoms with Crippen molar-refractivity contribution < 1.29 is 13.2 Å². The van der Waals surface area contributed by atoms with Gasteiger partial charge in [-0.3, -0.25) is 4.99 Å². The van der Waals surface area contributed by atoms with E-state index in [-0.39, 0.29) is 35.1 Å². The number of sulfone groups is 1. The first-order chi connectivity index (χ1) is 11.7. The van der Waals surface area contributed by atoms with Gasteiger partial charge < -0.3 is 15.4 Å². The van der Waals surface area contributed by atoms with Crippen LogP contribution in [0.4, 0.5) is 0 Å². The molecule has 0 bridgehead atoms. The van der Waals surface area contributed by atoms with Crippen LogP contribution in [0.15, 0.2) is 4.99 Å². The maximum atomic E-state index is 11.3. The lowest BCUT2D eigenvalue weighted by Crippen LogP contribution is -2.43. The molecule has 0 atom stereocenters. The molecule has 0 spiro atoms. The van der Waals surface area contributed by atoms with Crippen LogP contribution in [0, 0.1) is 5.41 Å². The van der Waals surface area contributed by atoms with Gasteiger partial charge >= 0.3 is 0 Å². The lowest BCUT2D eigenvalue weighted by atomic mass is 9.90. The molecule has 156 valence electrons. The van der Waals surface area contributed by atoms with Gasteiger partial charge in [-0.25, -0.2) is 8.42 Å². The van der Waals surface area contributed by atoms with Gasteiger partial charge in [0.1, 0.15) is 9.84 Å². The molecule has 8 heteroatoms. The summed E-state index contributed by atoms with van der Waals surface area (Å²) in [7, 11) is -1.17. The van der Waals surface area contributed by atoms with Crippen LogP contribution < -0.4 is 10.6 Å². The number of rotatable bonds is 10. The van der Waals surface area contributed by atoms with E-state index >= 15 is 0 Å². The Morgan fingerprint density at radius 2 is 1.85 bits per heavy atom. The summed E-state index contributed by atoms with van der Waals surface area (Å²) < 4.78 is 28.6. The molecule has 1 saturated carbocycles. The Labute approximate surface area is 177 Å². The number of halogens is 1. The van der Waals surface area contributed by atoms with E-state index in [1.54, 1.807) is 7.05 Å². The quantitative estimate of drug-likeness (QED) is 0.208. The van der Waals surface area contributed by atoms with E-state index < -0.39 is 9.84 Å². The second-order valence-corrected chi connectivity index (χ2v) is 10.1. The summed E-state index contributed by atoms with van der Waals surface area (Å²) >= 11 is 0. The number of ether oxygens (including phenoxy) is 1. The predicted octanol–water partition coefficient (Wildman–Crippen LogP) is 2.97. The van der Waals surface area contributed by atoms with Gasteiger partial charge in [-0.15, -0.1) is 24.0 Å². The van der Waals surface area contributed by atoms with Crippen LogP contribution in [-0.4, -0.2) is 59.2 Å². The average molecular weight is 503 g/mol. The summed E-state index contributed by atoms with van der Waals surface area (Å²) in [6.45, 7) is 6.42. The SMILES string of the molecule is CN=C(NCCCOC1CCCCC1)NCC(C)(C)CCS(C)(=O)=O.I. The maximum Gasteiger partial charge on any atom is 0.190 e. The minimum Gasteiger partial charge on any atom is -0.378 e. The molecule has 0 saturated heterocycles. The van der Waals surface area contributed by atoms with Crippen LogP contribution >= 0.6 is 24.0 Å². The zero-order valence-electron chi connectivity index (χ0n) is 16.8. The van der Waals surface area contributed by atoms with Gasteiger partial charge in [-0.1, -0.05) is 33.1 Å². The van der Waals surface area contributed by atoms with Crippen molar-refractivity contribution in [1.82, 2.24) is 10.6 Å². The van der Waals surface area contributed by atoms with Crippen LogP contribution in [0.2, 0.25) is 0 Å². The standard InChI is InChI=1S/C18H37N3O3S.HI/c1-18(2,11-14-25(4,22)23)15-21-17(19-3)20-12-8-13-24-16-9-6-5-7-10-16;/h16H,5-15H2,1-4H3,(H2,19,20,21);1H. The van der Waals surface area contributed by atoms with E-state index in [9.17, 15) is 8.42 Å². The molecule has 2 N–H and O–H groups in total. The molecule has 0 aromatic heterocycles. The molecule has 0 radical (unpaired) electrons. The predicted molar refractivity (Wildman–Crippen MR) is 120 cm³/mol. The second kappa shape index (κ2) is 13.1. The van der Waals surface area contributed by atoms with Gasteiger partial charge in [-0.2, -0.15) is 0 Å². The topological polar surface area (TPSA) is 79.8 Å². The smallest absolute Gasteiger partial charge is 0.190 e. The fourth-order valence-corrected chi connectivity index (χ4v) is 3.78. The number of nitrogens with one attached hydrogen (secondary N) is 2. The number of guanidine groups is 1. The third-order valence-electron chi connectivity index (χ3n) is 4.63. The van der Waals surface area contributed by atoms with Crippen molar-refractivity contribution in [3.8, 4) is 0 Å². The van der Waals surface area contributed by atoms with Crippen LogP contribution in [0.5, 0.6) is 0 Å². The first kappa shape index (κ1) is 25.9. The summed E-state index contributed by atoms with van der Waals surface area (Å²) in [5, 5.41) is 6.58. The molecule has 0 aliphatic heterocycles. The fraction of sp³-hybridized carbons (Fsp3) is 0.944. The molecule has 0 aromatic carbocycles. The van der Waals surface area contributed by atoms with Gasteiger partial charge in [0.05, 0.1) is 11.9 Å². The van der Waals surface area contributed by atoms with E-state index in [0.717, 1.165) is 25.5 Å². The van der Waals surface area contributed by atoms with Crippen molar-refractivity contribution in [3.05, 3.63) is 0 Å². The average Bonchev–Trinajstić information content (AvgIpc) is 2.56. The number of nitrogens with zero attached hydrogens (tertiary/aromatic N) is 1. The van der Waals surface area contributed by atoms with Crippen molar-refractivity contribution in [2.75, 3.05) is 38.8 Å². The summed E-state index contributed by atoms with van der Waals surface area (Å²) in [5.41, 5.74) is -0.106. The highest BCUT2D eigenvalue weighted by Crippen LogP contribution is 2.20. The van der Waals surface area contributed by atoms with Crippen molar-refractivity contribution in [3.63, 3.8) is 0 Å². The third kappa shape index (κ3) is 13.1. The summed E-state index contributed by atoms with van der Waals surface area (Å²) in [4.78, 5) is 4.22. The molecular weight excluding hydrogens is 465 g/mol. The largest absolute Gasteiger partial charge is 0.378 e. The molecule has 6 nitrogen and oxygen atoms in total. The molecule has 26 heavy (non-hydrogen) atoms. The minimum absolute atomic E-state index is 0. The van der Waals surface area contributed by atoms with E-state index in [0.29, 0.717) is 19.1 Å². The third-order valence-corrected chi connectivity index (χ3v) is 5.57. The molecule has 1 aliphatic rings. The van der Waals surface area contributed by atoms with E-state index in [2.05, 4.69) is 29.5 Å². The van der Waals surface area contributed by atoms with Crippen molar-refractivity contribution in [2.45, 2.75) is 64.9 Å². The lowest BCUT2D eigenvalue weighted by Gasteiger charge is -2.26. The number of aliphatic imine (C=N–C) groups is 1. The zero-order valence-corrected chi connectivity index (χ0v) is 20.0. The van der Waals surface area contributed by atoms with Crippen LogP contribution in [0.1, 0.15) is 58.8 Å². The molecule has 0 heterocycles. The molecule has 0 aromatic rings. The highest BCUT2D eigenvalue weighted by molar-refractivity contribution is 14.0. The van der Waals surface area contributed by atoms with Crippen LogP contribution in [0.3, 0.4) is 0 Å². The molecule has 1 aliphatic carbocycles. The molecule has 1 fully saturated rings. The normalized spacial score (nSPS) is 16.8. The molecule has 1 rings (SSSR count).